The summed E-state index contributed by atoms with van der Waals surface area (Å²) in [6.45, 7) is 5.99. The summed E-state index contributed by atoms with van der Waals surface area (Å²) < 4.78 is 11.2. The first-order chi connectivity index (χ1) is 12.8. The van der Waals surface area contributed by atoms with Crippen LogP contribution in [0.5, 0.6) is 0 Å². The molecule has 0 saturated carbocycles. The number of benzene rings is 1. The van der Waals surface area contributed by atoms with E-state index in [9.17, 15) is 0 Å². The van der Waals surface area contributed by atoms with Crippen molar-refractivity contribution in [2.75, 3.05) is 53.6 Å². The van der Waals surface area contributed by atoms with Gasteiger partial charge in [0.2, 0.25) is 0 Å². The predicted octanol–water partition coefficient (Wildman–Crippen LogP) is 2.49. The second-order valence-corrected chi connectivity index (χ2v) is 6.71. The summed E-state index contributed by atoms with van der Waals surface area (Å²) in [6.07, 6.45) is 3.57. The van der Waals surface area contributed by atoms with E-state index in [1.807, 2.05) is 6.07 Å². The third-order valence-corrected chi connectivity index (χ3v) is 4.39. The summed E-state index contributed by atoms with van der Waals surface area (Å²) in [4.78, 5) is 6.56. The van der Waals surface area contributed by atoms with E-state index in [4.69, 9.17) is 9.47 Å². The molecule has 0 aliphatic carbocycles. The fourth-order valence-corrected chi connectivity index (χ4v) is 2.93. The van der Waals surface area contributed by atoms with Crippen LogP contribution in [0.15, 0.2) is 35.3 Å². The Balaban J connectivity index is 0.00000364. The van der Waals surface area contributed by atoms with Gasteiger partial charge in [-0.25, -0.2) is 0 Å². The topological polar surface area (TPSA) is 58.1 Å². The summed E-state index contributed by atoms with van der Waals surface area (Å²) in [5.41, 5.74) is 1.33. The maximum atomic E-state index is 5.67. The number of aliphatic imine (C=N–C) groups is 1. The maximum absolute atomic E-state index is 5.67. The smallest absolute Gasteiger partial charge is 0.191 e. The van der Waals surface area contributed by atoms with Gasteiger partial charge in [-0.15, -0.1) is 24.0 Å². The summed E-state index contributed by atoms with van der Waals surface area (Å²) >= 11 is 0. The number of hydrogen-bond acceptors (Lipinski definition) is 4. The molecular weight excluding hydrogens is 455 g/mol. The van der Waals surface area contributed by atoms with Crippen molar-refractivity contribution in [1.29, 1.82) is 0 Å². The number of ether oxygens (including phenoxy) is 2. The van der Waals surface area contributed by atoms with Crippen LogP contribution < -0.4 is 10.6 Å². The third-order valence-electron chi connectivity index (χ3n) is 4.39. The minimum Gasteiger partial charge on any atom is -0.379 e. The van der Waals surface area contributed by atoms with Gasteiger partial charge in [-0.1, -0.05) is 30.3 Å². The Labute approximate surface area is 181 Å². The van der Waals surface area contributed by atoms with E-state index in [2.05, 4.69) is 51.8 Å². The SMILES string of the molecule is CN=C(NCCCOCC1CCCO1)NCCN(C)Cc1ccccc1.I. The van der Waals surface area contributed by atoms with Gasteiger partial charge in [0.25, 0.3) is 0 Å². The molecule has 0 radical (unpaired) electrons. The molecule has 2 N–H and O–H groups in total. The highest BCUT2D eigenvalue weighted by molar-refractivity contribution is 14.0. The van der Waals surface area contributed by atoms with Crippen LogP contribution in [0.3, 0.4) is 0 Å². The molecule has 1 aliphatic rings. The molecule has 1 saturated heterocycles. The van der Waals surface area contributed by atoms with Crippen LogP contribution >= 0.6 is 24.0 Å². The summed E-state index contributed by atoms with van der Waals surface area (Å²) in [6, 6.07) is 10.5. The number of nitrogens with one attached hydrogen (secondary N) is 2. The van der Waals surface area contributed by atoms with Crippen molar-refractivity contribution in [3.63, 3.8) is 0 Å². The molecule has 1 fully saturated rings. The summed E-state index contributed by atoms with van der Waals surface area (Å²) in [5.74, 6) is 0.845. The Morgan fingerprint density at radius 1 is 1.26 bits per heavy atom. The van der Waals surface area contributed by atoms with Gasteiger partial charge in [0.15, 0.2) is 5.96 Å². The fraction of sp³-hybridized carbons (Fsp3) is 0.650. The lowest BCUT2D eigenvalue weighted by Gasteiger charge is -2.18. The minimum atomic E-state index is 0. The van der Waals surface area contributed by atoms with Crippen LogP contribution in [0, 0.1) is 0 Å². The Morgan fingerprint density at radius 3 is 2.74 bits per heavy atom. The zero-order valence-corrected chi connectivity index (χ0v) is 19.0. The molecule has 1 unspecified atom stereocenters. The highest BCUT2D eigenvalue weighted by atomic mass is 127. The standard InChI is InChI=1S/C20H34N4O2.HI/c1-21-20(22-11-7-14-25-17-19-10-6-15-26-19)23-12-13-24(2)16-18-8-4-3-5-9-18;/h3-5,8-9,19H,6-7,10-17H2,1-2H3,(H2,21,22,23);1H. The number of rotatable bonds is 11. The van der Waals surface area contributed by atoms with E-state index in [0.29, 0.717) is 6.10 Å². The molecule has 1 heterocycles. The molecule has 1 aliphatic heterocycles. The maximum Gasteiger partial charge on any atom is 0.191 e. The van der Waals surface area contributed by atoms with Gasteiger partial charge in [0.05, 0.1) is 12.7 Å². The Hall–Kier alpha value is -0.900. The van der Waals surface area contributed by atoms with Crippen molar-refractivity contribution < 1.29 is 9.47 Å². The molecule has 1 aromatic rings. The van der Waals surface area contributed by atoms with Crippen LogP contribution in [0.1, 0.15) is 24.8 Å². The average molecular weight is 490 g/mol. The number of guanidine groups is 1. The molecule has 27 heavy (non-hydrogen) atoms. The molecule has 6 nitrogen and oxygen atoms in total. The normalized spacial score (nSPS) is 17.0. The van der Waals surface area contributed by atoms with E-state index in [1.165, 1.54) is 5.56 Å². The van der Waals surface area contributed by atoms with E-state index < -0.39 is 0 Å². The van der Waals surface area contributed by atoms with Crippen molar-refractivity contribution >= 4 is 29.9 Å². The van der Waals surface area contributed by atoms with E-state index in [1.54, 1.807) is 7.05 Å². The minimum absolute atomic E-state index is 0. The molecule has 0 bridgehead atoms. The van der Waals surface area contributed by atoms with E-state index in [0.717, 1.165) is 71.2 Å². The highest BCUT2D eigenvalue weighted by Crippen LogP contribution is 2.11. The second-order valence-electron chi connectivity index (χ2n) is 6.71. The monoisotopic (exact) mass is 490 g/mol. The van der Waals surface area contributed by atoms with Crippen molar-refractivity contribution in [1.82, 2.24) is 15.5 Å². The third kappa shape index (κ3) is 10.9. The highest BCUT2D eigenvalue weighted by Gasteiger charge is 2.14. The first-order valence-electron chi connectivity index (χ1n) is 9.64. The Bertz CT molecular complexity index is 510. The van der Waals surface area contributed by atoms with E-state index >= 15 is 0 Å². The van der Waals surface area contributed by atoms with Gasteiger partial charge < -0.3 is 25.0 Å². The van der Waals surface area contributed by atoms with Gasteiger partial charge in [0.1, 0.15) is 0 Å². The lowest BCUT2D eigenvalue weighted by molar-refractivity contribution is 0.0168. The lowest BCUT2D eigenvalue weighted by Crippen LogP contribution is -2.41. The zero-order chi connectivity index (χ0) is 18.5. The fourth-order valence-electron chi connectivity index (χ4n) is 2.93. The number of nitrogens with zero attached hydrogens (tertiary/aromatic N) is 2. The first-order valence-corrected chi connectivity index (χ1v) is 9.64. The van der Waals surface area contributed by atoms with Crippen LogP contribution in [0.4, 0.5) is 0 Å². The van der Waals surface area contributed by atoms with Crippen molar-refractivity contribution in [3.05, 3.63) is 35.9 Å². The van der Waals surface area contributed by atoms with E-state index in [-0.39, 0.29) is 24.0 Å². The number of likely N-dealkylation sites (N-methyl/N-ethyl adjacent to an activating group) is 1. The quantitative estimate of drug-likeness (QED) is 0.216. The number of halogens is 1. The van der Waals surface area contributed by atoms with Gasteiger partial charge in [-0.2, -0.15) is 0 Å². The Morgan fingerprint density at radius 2 is 2.04 bits per heavy atom. The molecule has 0 spiro atoms. The molecule has 1 aromatic carbocycles. The van der Waals surface area contributed by atoms with Crippen molar-refractivity contribution in [2.45, 2.75) is 31.9 Å². The molecular formula is C20H35IN4O2. The number of hydrogen-bond donors (Lipinski definition) is 2. The predicted molar refractivity (Wildman–Crippen MR) is 122 cm³/mol. The largest absolute Gasteiger partial charge is 0.379 e. The average Bonchev–Trinajstić information content (AvgIpc) is 3.17. The van der Waals surface area contributed by atoms with Crippen molar-refractivity contribution in [2.24, 2.45) is 4.99 Å². The lowest BCUT2D eigenvalue weighted by atomic mass is 10.2. The van der Waals surface area contributed by atoms with Crippen LogP contribution in [0.25, 0.3) is 0 Å². The first kappa shape index (κ1) is 24.1. The van der Waals surface area contributed by atoms with Crippen LogP contribution in [0.2, 0.25) is 0 Å². The molecule has 154 valence electrons. The molecule has 0 aromatic heterocycles. The molecule has 1 atom stereocenters. The Kier molecular flexibility index (Phi) is 13.5. The molecule has 0 amide bonds. The summed E-state index contributed by atoms with van der Waals surface area (Å²) in [5, 5.41) is 6.69. The van der Waals surface area contributed by atoms with Gasteiger partial charge in [-0.05, 0) is 31.9 Å². The molecule has 7 heteroatoms. The second kappa shape index (κ2) is 15.1. The van der Waals surface area contributed by atoms with Crippen molar-refractivity contribution in [3.8, 4) is 0 Å². The van der Waals surface area contributed by atoms with Crippen LogP contribution in [-0.4, -0.2) is 70.5 Å². The summed E-state index contributed by atoms with van der Waals surface area (Å²) in [7, 11) is 3.94. The van der Waals surface area contributed by atoms with Gasteiger partial charge >= 0.3 is 0 Å². The zero-order valence-electron chi connectivity index (χ0n) is 16.7. The van der Waals surface area contributed by atoms with Gasteiger partial charge in [0, 0.05) is 46.4 Å². The molecule has 2 rings (SSSR count). The van der Waals surface area contributed by atoms with Gasteiger partial charge in [-0.3, -0.25) is 4.99 Å². The van der Waals surface area contributed by atoms with Crippen LogP contribution in [-0.2, 0) is 16.0 Å².